The zero-order valence-electron chi connectivity index (χ0n) is 76.9. The summed E-state index contributed by atoms with van der Waals surface area (Å²) in [6, 6.07) is 74.1. The number of halogens is 1. The Hall–Kier alpha value is -12.3. The molecule has 0 radical (unpaired) electrons. The monoisotopic (exact) mass is 1910 g/mol. The first-order chi connectivity index (χ1) is 62.3. The molecule has 0 spiro atoms. The Morgan fingerprint density at radius 1 is 0.305 bits per heavy atom. The second kappa shape index (κ2) is 40.6. The summed E-state index contributed by atoms with van der Waals surface area (Å²) in [5.41, 5.74) is 13.1. The summed E-state index contributed by atoms with van der Waals surface area (Å²) >= 11 is 13.4. The van der Waals surface area contributed by atoms with E-state index >= 15 is 0 Å². The third kappa shape index (κ3) is 25.9. The Labute approximate surface area is 797 Å². The predicted molar refractivity (Wildman–Crippen MR) is 551 cm³/mol. The number of rotatable bonds is 15. The molecule has 0 atom stereocenters. The van der Waals surface area contributed by atoms with E-state index in [-0.39, 0.29) is 33.6 Å². The maximum absolute atomic E-state index is 6.12. The molecule has 131 heavy (non-hydrogen) atoms. The van der Waals surface area contributed by atoms with Gasteiger partial charge in [0, 0.05) is 30.9 Å². The topological polar surface area (TPSA) is 223 Å². The van der Waals surface area contributed by atoms with Crippen molar-refractivity contribution in [2.45, 2.75) is 172 Å². The van der Waals surface area contributed by atoms with E-state index in [1.54, 1.807) is 62.9 Å². The molecule has 668 valence electrons. The summed E-state index contributed by atoms with van der Waals surface area (Å²) in [6.07, 6.45) is 6.38. The van der Waals surface area contributed by atoms with Gasteiger partial charge in [0.25, 0.3) is 0 Å². The number of allylic oxidation sites excluding steroid dienone is 1. The van der Waals surface area contributed by atoms with E-state index in [1.807, 2.05) is 312 Å². The highest BCUT2D eigenvalue weighted by atomic mass is 79.9. The fourth-order valence-corrected chi connectivity index (χ4v) is 18.5. The molecule has 19 aromatic rings. The number of thiophene rings is 5. The van der Waals surface area contributed by atoms with Crippen molar-refractivity contribution in [3.05, 3.63) is 274 Å². The summed E-state index contributed by atoms with van der Waals surface area (Å²) in [5.74, 6) is 3.46. The van der Waals surface area contributed by atoms with Gasteiger partial charge in [-0.3, -0.25) is 0 Å². The molecule has 0 N–H and O–H groups in total. The standard InChI is InChI=1S/C20H18N2OS.C19H20N2OS.C18H18N2OS.C17H18N2OS.C16H15BrN2OS.C15H15N3OS/c1-20(2,3)23-19-18(21-14-9-5-6-10-15(14)22-19)17-12-13-8-4-7-11-16(13)24-17;1-5-8-13-11-12-16(23-13)17-18(22-19(2,3)4)21-15-10-7-6-9-14(15)20-17;1-5-12-10-11-15(22-12)16-17(21-18(2,3)4)20-14-9-7-6-8-13(14)19-16;1-11-9-10-14(21-11)15-16(20-17(2,3)4)19-13-8-6-5-7-12(13)18-15;1-16(2,3)20-15-14(12-8-9-13(17)21-12)18-10-6-4-5-7-11(10)19-15;1-15(2,3)19-13-12(14-16-8-9-20-14)17-10-6-4-5-7-11(10)18-13/h4-12H,1-3H3;5-7,9-12H,1,8H2,2-4H3;5-11H,1H2,2-4H3;5-10H,1-4H3;4-9H,1-3H3;4-9H,1-3H3. The molecule has 7 aromatic carbocycles. The molecular weight excluding hydrogens is 1810 g/mol. The SMILES string of the molecule is C=CCc1ccc(-c2nc3ccccc3nc2OC(C)(C)C)s1.C=Cc1ccc(-c2nc3ccccc3nc2OC(C)(C)C)s1.CC(C)(C)Oc1nc2ccccc2nc1-c1cc2ccccc2s1.CC(C)(C)Oc1nc2ccccc2nc1-c1ccc(Br)s1.CC(C)(C)Oc1nc2ccccc2nc1-c1nccs1.Cc1ccc(-c2nc3ccccc3nc2OC(C)(C)C)s1. The molecule has 19 rings (SSSR count). The maximum Gasteiger partial charge on any atom is 0.244 e. The Morgan fingerprint density at radius 3 is 0.908 bits per heavy atom. The Bertz CT molecular complexity index is 7060. The van der Waals surface area contributed by atoms with Crippen molar-refractivity contribution in [1.29, 1.82) is 0 Å². The quantitative estimate of drug-likeness (QED) is 0.0870. The van der Waals surface area contributed by atoms with Crippen LogP contribution in [0, 0.1) is 6.92 Å². The van der Waals surface area contributed by atoms with Gasteiger partial charge < -0.3 is 28.4 Å². The largest absolute Gasteiger partial charge is 0.470 e. The van der Waals surface area contributed by atoms with Gasteiger partial charge in [0.05, 0.1) is 94.4 Å². The van der Waals surface area contributed by atoms with Gasteiger partial charge in [-0.25, -0.2) is 64.8 Å². The lowest BCUT2D eigenvalue weighted by Gasteiger charge is -2.21. The Kier molecular flexibility index (Phi) is 29.4. The lowest BCUT2D eigenvalue weighted by Crippen LogP contribution is -2.24. The minimum atomic E-state index is -0.331. The van der Waals surface area contributed by atoms with Crippen LogP contribution in [0.4, 0.5) is 0 Å². The number of ether oxygens (including phenoxy) is 6. The second-order valence-electron chi connectivity index (χ2n) is 36.1. The van der Waals surface area contributed by atoms with Gasteiger partial charge in [-0.15, -0.1) is 74.6 Å². The van der Waals surface area contributed by atoms with Crippen LogP contribution in [-0.4, -0.2) is 98.4 Å². The highest BCUT2D eigenvalue weighted by Gasteiger charge is 2.28. The van der Waals surface area contributed by atoms with Crippen molar-refractivity contribution in [3.63, 3.8) is 0 Å². The van der Waals surface area contributed by atoms with Gasteiger partial charge >= 0.3 is 0 Å². The molecule has 0 unspecified atom stereocenters. The van der Waals surface area contributed by atoms with Gasteiger partial charge in [-0.05, 0) is 293 Å². The molecule has 12 heterocycles. The summed E-state index contributed by atoms with van der Waals surface area (Å²) in [7, 11) is 0. The van der Waals surface area contributed by atoms with Crippen LogP contribution in [0.3, 0.4) is 0 Å². The Balaban J connectivity index is 0.000000127. The van der Waals surface area contributed by atoms with Crippen LogP contribution in [0.15, 0.2) is 259 Å². The van der Waals surface area contributed by atoms with Crippen LogP contribution in [0.5, 0.6) is 35.3 Å². The average molecular weight is 1920 g/mol. The highest BCUT2D eigenvalue weighted by molar-refractivity contribution is 9.11. The van der Waals surface area contributed by atoms with Gasteiger partial charge in [-0.2, -0.15) is 0 Å². The van der Waals surface area contributed by atoms with E-state index in [0.29, 0.717) is 41.0 Å². The van der Waals surface area contributed by atoms with Crippen LogP contribution < -0.4 is 28.4 Å². The van der Waals surface area contributed by atoms with E-state index in [2.05, 4.69) is 121 Å². The molecule has 19 nitrogen and oxygen atoms in total. The van der Waals surface area contributed by atoms with E-state index in [9.17, 15) is 0 Å². The number of aromatic nitrogens is 13. The van der Waals surface area contributed by atoms with Crippen LogP contribution in [0.25, 0.3) is 146 Å². The van der Waals surface area contributed by atoms with Crippen molar-refractivity contribution in [2.75, 3.05) is 0 Å². The first kappa shape index (κ1) is 94.8. The molecule has 0 amide bonds. The average Bonchev–Trinajstić information content (AvgIpc) is 1.72. The van der Waals surface area contributed by atoms with Crippen molar-refractivity contribution < 1.29 is 28.4 Å². The molecule has 0 saturated heterocycles. The first-order valence-corrected chi connectivity index (χ1v) is 48.4. The molecule has 26 heteroatoms. The van der Waals surface area contributed by atoms with Crippen molar-refractivity contribution in [3.8, 4) is 98.8 Å². The first-order valence-electron chi connectivity index (χ1n) is 42.7. The summed E-state index contributed by atoms with van der Waals surface area (Å²) < 4.78 is 38.6. The molecule has 0 bridgehead atoms. The fourth-order valence-electron chi connectivity index (χ4n) is 12.8. The molecular formula is C105H104BrN13O6S6. The van der Waals surface area contributed by atoms with Crippen molar-refractivity contribution in [1.82, 2.24) is 64.8 Å². The van der Waals surface area contributed by atoms with Crippen LogP contribution >= 0.6 is 84.0 Å². The van der Waals surface area contributed by atoms with Gasteiger partial charge in [0.2, 0.25) is 35.3 Å². The fraction of sp³-hybridized carbons (Fsp3) is 0.248. The molecule has 0 aliphatic carbocycles. The lowest BCUT2D eigenvalue weighted by molar-refractivity contribution is 0.124. The summed E-state index contributed by atoms with van der Waals surface area (Å²) in [4.78, 5) is 69.8. The van der Waals surface area contributed by atoms with Crippen molar-refractivity contribution >= 4 is 166 Å². The van der Waals surface area contributed by atoms with Crippen molar-refractivity contribution in [2.24, 2.45) is 0 Å². The summed E-state index contributed by atoms with van der Waals surface area (Å²) in [6.45, 7) is 46.0. The summed E-state index contributed by atoms with van der Waals surface area (Å²) in [5, 5.41) is 3.96. The van der Waals surface area contributed by atoms with E-state index in [4.69, 9.17) is 63.3 Å². The molecule has 0 saturated carbocycles. The molecule has 0 aliphatic heterocycles. The molecule has 0 fully saturated rings. The third-order valence-electron chi connectivity index (χ3n) is 18.0. The van der Waals surface area contributed by atoms with Gasteiger partial charge in [-0.1, -0.05) is 110 Å². The van der Waals surface area contributed by atoms with E-state index in [0.717, 1.165) is 139 Å². The number of benzene rings is 7. The number of thiazole rings is 1. The zero-order valence-corrected chi connectivity index (χ0v) is 83.4. The van der Waals surface area contributed by atoms with Crippen LogP contribution in [0.2, 0.25) is 0 Å². The smallest absolute Gasteiger partial charge is 0.244 e. The number of aryl methyl sites for hydroxylation is 1. The number of para-hydroxylation sites is 12. The molecule has 12 aromatic heterocycles. The minimum absolute atomic E-state index is 0.307. The number of fused-ring (bicyclic) bond motifs is 7. The van der Waals surface area contributed by atoms with Crippen LogP contribution in [0.1, 0.15) is 139 Å². The number of hydrogen-bond donors (Lipinski definition) is 0. The number of hydrogen-bond acceptors (Lipinski definition) is 25. The number of nitrogens with zero attached hydrogens (tertiary/aromatic N) is 13. The second-order valence-corrected chi connectivity index (χ2v) is 44.2. The van der Waals surface area contributed by atoms with Gasteiger partial charge in [0.1, 0.15) is 67.1 Å². The highest BCUT2D eigenvalue weighted by Crippen LogP contribution is 2.44. The van der Waals surface area contributed by atoms with E-state index < -0.39 is 0 Å². The normalized spacial score (nSPS) is 11.8. The van der Waals surface area contributed by atoms with Crippen LogP contribution in [-0.2, 0) is 6.42 Å². The predicted octanol–water partition coefficient (Wildman–Crippen LogP) is 30.2. The van der Waals surface area contributed by atoms with Gasteiger partial charge in [0.15, 0.2) is 5.69 Å². The zero-order chi connectivity index (χ0) is 93.2. The maximum atomic E-state index is 6.12. The third-order valence-corrected chi connectivity index (χ3v) is 24.8. The molecule has 0 aliphatic rings. The Morgan fingerprint density at radius 2 is 0.603 bits per heavy atom. The minimum Gasteiger partial charge on any atom is -0.470 e. The lowest BCUT2D eigenvalue weighted by atomic mass is 10.2. The van der Waals surface area contributed by atoms with E-state index in [1.165, 1.54) is 31.2 Å².